The SMILES string of the molecule is O=C(N/N=C\c1ccc2c(c1)OCO2)c1cccc(NC(=O)c2ccc(F)cc2)c1. The minimum atomic E-state index is -0.440. The van der Waals surface area contributed by atoms with E-state index in [9.17, 15) is 14.0 Å². The first-order valence-electron chi connectivity index (χ1n) is 8.98. The number of carbonyl (C=O) groups excluding carboxylic acids is 2. The fourth-order valence-corrected chi connectivity index (χ4v) is 2.77. The Kier molecular flexibility index (Phi) is 5.38. The van der Waals surface area contributed by atoms with Gasteiger partial charge in [0.2, 0.25) is 6.79 Å². The van der Waals surface area contributed by atoms with Crippen LogP contribution in [-0.4, -0.2) is 24.8 Å². The molecule has 2 N–H and O–H groups in total. The molecule has 0 fully saturated rings. The molecule has 1 aliphatic rings. The van der Waals surface area contributed by atoms with Gasteiger partial charge < -0.3 is 14.8 Å². The number of benzene rings is 3. The standard InChI is InChI=1S/C22H16FN3O4/c23-17-7-5-15(6-8-17)21(27)25-18-3-1-2-16(11-18)22(28)26-24-12-14-4-9-19-20(10-14)30-13-29-19/h1-12H,13H2,(H,25,27)(H,26,28)/b24-12-. The van der Waals surface area contributed by atoms with Crippen molar-refractivity contribution in [2.24, 2.45) is 5.10 Å². The molecule has 150 valence electrons. The van der Waals surface area contributed by atoms with Crippen LogP contribution in [0.1, 0.15) is 26.3 Å². The maximum Gasteiger partial charge on any atom is 0.271 e. The molecule has 0 unspecified atom stereocenters. The lowest BCUT2D eigenvalue weighted by atomic mass is 10.1. The number of halogens is 1. The van der Waals surface area contributed by atoms with E-state index in [0.717, 1.165) is 5.56 Å². The predicted octanol–water partition coefficient (Wildman–Crippen LogP) is 3.57. The third kappa shape index (κ3) is 4.44. The van der Waals surface area contributed by atoms with Crippen LogP contribution in [0.25, 0.3) is 0 Å². The zero-order valence-corrected chi connectivity index (χ0v) is 15.6. The third-order valence-corrected chi connectivity index (χ3v) is 4.27. The van der Waals surface area contributed by atoms with Crippen molar-refractivity contribution in [2.75, 3.05) is 12.1 Å². The molecule has 0 bridgehead atoms. The molecule has 0 aliphatic carbocycles. The number of ether oxygens (including phenoxy) is 2. The highest BCUT2D eigenvalue weighted by molar-refractivity contribution is 6.05. The van der Waals surface area contributed by atoms with Gasteiger partial charge in [-0.05, 0) is 66.2 Å². The second-order valence-electron chi connectivity index (χ2n) is 6.35. The minimum absolute atomic E-state index is 0.181. The quantitative estimate of drug-likeness (QED) is 0.502. The second-order valence-corrected chi connectivity index (χ2v) is 6.35. The molecular formula is C22H16FN3O4. The van der Waals surface area contributed by atoms with E-state index in [1.54, 1.807) is 36.4 Å². The lowest BCUT2D eigenvalue weighted by Gasteiger charge is -2.07. The maximum absolute atomic E-state index is 13.0. The Morgan fingerprint density at radius 3 is 2.53 bits per heavy atom. The van der Waals surface area contributed by atoms with Crippen molar-refractivity contribution in [1.29, 1.82) is 0 Å². The minimum Gasteiger partial charge on any atom is -0.454 e. The number of hydrazone groups is 1. The van der Waals surface area contributed by atoms with Crippen LogP contribution in [0.5, 0.6) is 11.5 Å². The van der Waals surface area contributed by atoms with Gasteiger partial charge in [-0.25, -0.2) is 9.82 Å². The molecule has 0 saturated heterocycles. The monoisotopic (exact) mass is 405 g/mol. The van der Waals surface area contributed by atoms with Crippen molar-refractivity contribution in [2.45, 2.75) is 0 Å². The molecule has 0 spiro atoms. The summed E-state index contributed by atoms with van der Waals surface area (Å²) in [6, 6.07) is 16.9. The smallest absolute Gasteiger partial charge is 0.271 e. The Morgan fingerprint density at radius 1 is 0.900 bits per heavy atom. The Hall–Kier alpha value is -4.20. The zero-order valence-electron chi connectivity index (χ0n) is 15.6. The normalized spacial score (nSPS) is 12.0. The van der Waals surface area contributed by atoms with Crippen LogP contribution in [-0.2, 0) is 0 Å². The van der Waals surface area contributed by atoms with Crippen LogP contribution in [0.4, 0.5) is 10.1 Å². The first-order valence-corrected chi connectivity index (χ1v) is 8.98. The van der Waals surface area contributed by atoms with E-state index in [2.05, 4.69) is 15.8 Å². The number of hydrogen-bond donors (Lipinski definition) is 2. The van der Waals surface area contributed by atoms with E-state index in [1.165, 1.54) is 36.5 Å². The van der Waals surface area contributed by atoms with Crippen LogP contribution in [0.3, 0.4) is 0 Å². The molecule has 3 aromatic carbocycles. The van der Waals surface area contributed by atoms with E-state index in [-0.39, 0.29) is 6.79 Å². The van der Waals surface area contributed by atoms with Crippen LogP contribution >= 0.6 is 0 Å². The largest absolute Gasteiger partial charge is 0.454 e. The summed E-state index contributed by atoms with van der Waals surface area (Å²) in [5, 5.41) is 6.62. The molecule has 1 aliphatic heterocycles. The first-order chi connectivity index (χ1) is 14.6. The van der Waals surface area contributed by atoms with Gasteiger partial charge in [-0.3, -0.25) is 9.59 Å². The maximum atomic E-state index is 13.0. The number of amides is 2. The van der Waals surface area contributed by atoms with Gasteiger partial charge in [0.15, 0.2) is 11.5 Å². The Morgan fingerprint density at radius 2 is 1.70 bits per heavy atom. The van der Waals surface area contributed by atoms with Gasteiger partial charge in [-0.1, -0.05) is 6.07 Å². The summed E-state index contributed by atoms with van der Waals surface area (Å²) in [5.41, 5.74) is 4.22. The summed E-state index contributed by atoms with van der Waals surface area (Å²) < 4.78 is 23.5. The Bertz CT molecular complexity index is 1130. The average molecular weight is 405 g/mol. The van der Waals surface area contributed by atoms with Gasteiger partial charge in [0.25, 0.3) is 11.8 Å². The van der Waals surface area contributed by atoms with E-state index in [1.807, 2.05) is 0 Å². The van der Waals surface area contributed by atoms with Gasteiger partial charge in [-0.15, -0.1) is 0 Å². The molecule has 8 heteroatoms. The second kappa shape index (κ2) is 8.44. The number of anilines is 1. The van der Waals surface area contributed by atoms with E-state index < -0.39 is 17.6 Å². The van der Waals surface area contributed by atoms with Crippen molar-refractivity contribution < 1.29 is 23.5 Å². The van der Waals surface area contributed by atoms with E-state index in [0.29, 0.717) is 28.3 Å². The highest BCUT2D eigenvalue weighted by atomic mass is 19.1. The van der Waals surface area contributed by atoms with Crippen molar-refractivity contribution in [3.05, 3.63) is 89.2 Å². The molecule has 2 amide bonds. The van der Waals surface area contributed by atoms with Crippen molar-refractivity contribution in [1.82, 2.24) is 5.43 Å². The fourth-order valence-electron chi connectivity index (χ4n) is 2.77. The van der Waals surface area contributed by atoms with Gasteiger partial charge >= 0.3 is 0 Å². The number of nitrogens with one attached hydrogen (secondary N) is 2. The zero-order chi connectivity index (χ0) is 20.9. The molecule has 0 saturated carbocycles. The number of rotatable bonds is 5. The number of hydrogen-bond acceptors (Lipinski definition) is 5. The van der Waals surface area contributed by atoms with Gasteiger partial charge in [-0.2, -0.15) is 5.10 Å². The lowest BCUT2D eigenvalue weighted by molar-refractivity contribution is 0.0953. The molecule has 4 rings (SSSR count). The van der Waals surface area contributed by atoms with Crippen molar-refractivity contribution in [3.63, 3.8) is 0 Å². The molecule has 0 aromatic heterocycles. The summed E-state index contributed by atoms with van der Waals surface area (Å²) >= 11 is 0. The van der Waals surface area contributed by atoms with Crippen LogP contribution in [0.2, 0.25) is 0 Å². The number of nitrogens with zero attached hydrogens (tertiary/aromatic N) is 1. The van der Waals surface area contributed by atoms with Gasteiger partial charge in [0.1, 0.15) is 5.82 Å². The summed E-state index contributed by atoms with van der Waals surface area (Å²) in [7, 11) is 0. The molecule has 0 atom stereocenters. The molecule has 0 radical (unpaired) electrons. The van der Waals surface area contributed by atoms with Crippen LogP contribution in [0.15, 0.2) is 71.8 Å². The van der Waals surface area contributed by atoms with Crippen LogP contribution < -0.4 is 20.2 Å². The predicted molar refractivity (Wildman–Crippen MR) is 108 cm³/mol. The topological polar surface area (TPSA) is 89.0 Å². The summed E-state index contributed by atoms with van der Waals surface area (Å²) in [5.74, 6) is 0.00958. The van der Waals surface area contributed by atoms with E-state index >= 15 is 0 Å². The summed E-state index contributed by atoms with van der Waals surface area (Å²) in [6.45, 7) is 0.181. The van der Waals surface area contributed by atoms with Gasteiger partial charge in [0, 0.05) is 16.8 Å². The molecule has 7 nitrogen and oxygen atoms in total. The van der Waals surface area contributed by atoms with Gasteiger partial charge in [0.05, 0.1) is 6.21 Å². The lowest BCUT2D eigenvalue weighted by Crippen LogP contribution is -2.18. The average Bonchev–Trinajstić information content (AvgIpc) is 3.22. The molecule has 1 heterocycles. The van der Waals surface area contributed by atoms with Crippen molar-refractivity contribution >= 4 is 23.7 Å². The molecular weight excluding hydrogens is 389 g/mol. The molecule has 3 aromatic rings. The summed E-state index contributed by atoms with van der Waals surface area (Å²) in [6.07, 6.45) is 1.49. The van der Waals surface area contributed by atoms with Crippen LogP contribution in [0, 0.1) is 5.82 Å². The van der Waals surface area contributed by atoms with E-state index in [4.69, 9.17) is 9.47 Å². The Labute approximate surface area is 171 Å². The highest BCUT2D eigenvalue weighted by Gasteiger charge is 2.13. The fraction of sp³-hybridized carbons (Fsp3) is 0.0455. The molecule has 30 heavy (non-hydrogen) atoms. The number of carbonyl (C=O) groups is 2. The third-order valence-electron chi connectivity index (χ3n) is 4.27. The number of fused-ring (bicyclic) bond motifs is 1. The summed E-state index contributed by atoms with van der Waals surface area (Å²) in [4.78, 5) is 24.6. The van der Waals surface area contributed by atoms with Crippen molar-refractivity contribution in [3.8, 4) is 11.5 Å². The first kappa shape index (κ1) is 19.1. The highest BCUT2D eigenvalue weighted by Crippen LogP contribution is 2.31. The Balaban J connectivity index is 1.38.